The van der Waals surface area contributed by atoms with Crippen LogP contribution >= 0.6 is 0 Å². The number of pyridine rings is 1. The Morgan fingerprint density at radius 2 is 1.89 bits per heavy atom. The Labute approximate surface area is 116 Å². The largest absolute Gasteiger partial charge is 0.310 e. The molecule has 1 aliphatic rings. The lowest BCUT2D eigenvalue weighted by Gasteiger charge is -2.32. The van der Waals surface area contributed by atoms with Crippen LogP contribution in [-0.2, 0) is 0 Å². The van der Waals surface area contributed by atoms with Gasteiger partial charge in [0, 0.05) is 44.6 Å². The molecule has 1 unspecified atom stereocenters. The average Bonchev–Trinajstić information content (AvgIpc) is 2.46. The highest BCUT2D eigenvalue weighted by Crippen LogP contribution is 2.09. The Hall–Kier alpha value is -0.970. The smallest absolute Gasteiger partial charge is 0.0292 e. The van der Waals surface area contributed by atoms with Crippen LogP contribution in [0.1, 0.15) is 24.9 Å². The molecular formula is C15H26N4. The standard InChI is InChI=1S/C15H26N4/c1-14(15-4-7-16-8-5-15)17-6-3-9-19-12-10-18(2)11-13-19/h4-5,7-8,14,17H,3,6,9-13H2,1-2H3. The average molecular weight is 262 g/mol. The molecule has 4 nitrogen and oxygen atoms in total. The van der Waals surface area contributed by atoms with Gasteiger partial charge in [0.05, 0.1) is 0 Å². The second-order valence-corrected chi connectivity index (χ2v) is 5.45. The molecule has 1 aliphatic heterocycles. The van der Waals surface area contributed by atoms with Crippen molar-refractivity contribution in [2.75, 3.05) is 46.3 Å². The molecule has 0 bridgehead atoms. The predicted octanol–water partition coefficient (Wildman–Crippen LogP) is 1.37. The zero-order valence-electron chi connectivity index (χ0n) is 12.2. The Kier molecular flexibility index (Phi) is 5.76. The molecule has 1 N–H and O–H groups in total. The summed E-state index contributed by atoms with van der Waals surface area (Å²) < 4.78 is 0. The maximum atomic E-state index is 4.05. The van der Waals surface area contributed by atoms with Crippen LogP contribution in [0, 0.1) is 0 Å². The molecule has 0 aromatic carbocycles. The van der Waals surface area contributed by atoms with E-state index in [0.29, 0.717) is 6.04 Å². The fourth-order valence-corrected chi connectivity index (χ4v) is 2.46. The van der Waals surface area contributed by atoms with Gasteiger partial charge in [0.25, 0.3) is 0 Å². The van der Waals surface area contributed by atoms with Crippen molar-refractivity contribution in [1.82, 2.24) is 20.1 Å². The lowest BCUT2D eigenvalue weighted by Crippen LogP contribution is -2.45. The summed E-state index contributed by atoms with van der Waals surface area (Å²) in [7, 11) is 2.20. The van der Waals surface area contributed by atoms with E-state index in [9.17, 15) is 0 Å². The highest BCUT2D eigenvalue weighted by Gasteiger charge is 2.12. The van der Waals surface area contributed by atoms with Gasteiger partial charge in [-0.3, -0.25) is 4.98 Å². The molecule has 0 aliphatic carbocycles. The second-order valence-electron chi connectivity index (χ2n) is 5.45. The first-order valence-electron chi connectivity index (χ1n) is 7.30. The van der Waals surface area contributed by atoms with Crippen LogP contribution in [0.2, 0.25) is 0 Å². The van der Waals surface area contributed by atoms with Gasteiger partial charge in [-0.15, -0.1) is 0 Å². The number of piperazine rings is 1. The van der Waals surface area contributed by atoms with Crippen molar-refractivity contribution >= 4 is 0 Å². The molecular weight excluding hydrogens is 236 g/mol. The van der Waals surface area contributed by atoms with E-state index < -0.39 is 0 Å². The first-order valence-corrected chi connectivity index (χ1v) is 7.30. The summed E-state index contributed by atoms with van der Waals surface area (Å²) in [6, 6.07) is 4.58. The van der Waals surface area contributed by atoms with E-state index in [1.165, 1.54) is 44.7 Å². The van der Waals surface area contributed by atoms with E-state index in [-0.39, 0.29) is 0 Å². The first kappa shape index (κ1) is 14.4. The van der Waals surface area contributed by atoms with E-state index >= 15 is 0 Å². The van der Waals surface area contributed by atoms with Gasteiger partial charge in [-0.1, -0.05) is 0 Å². The Bertz CT molecular complexity index is 346. The molecule has 0 radical (unpaired) electrons. The second kappa shape index (κ2) is 7.58. The molecule has 2 rings (SSSR count). The molecule has 1 saturated heterocycles. The lowest BCUT2D eigenvalue weighted by atomic mass is 10.1. The van der Waals surface area contributed by atoms with Crippen molar-refractivity contribution in [1.29, 1.82) is 0 Å². The maximum Gasteiger partial charge on any atom is 0.0292 e. The third-order valence-electron chi connectivity index (χ3n) is 3.90. The number of rotatable bonds is 6. The number of aromatic nitrogens is 1. The van der Waals surface area contributed by atoms with Crippen molar-refractivity contribution < 1.29 is 0 Å². The summed E-state index contributed by atoms with van der Waals surface area (Å²) in [5.74, 6) is 0. The van der Waals surface area contributed by atoms with E-state index in [1.54, 1.807) is 0 Å². The molecule has 1 fully saturated rings. The molecule has 1 aromatic rings. The number of nitrogens with one attached hydrogen (secondary N) is 1. The minimum atomic E-state index is 0.412. The molecule has 1 atom stereocenters. The zero-order valence-corrected chi connectivity index (χ0v) is 12.2. The van der Waals surface area contributed by atoms with Crippen molar-refractivity contribution in [2.45, 2.75) is 19.4 Å². The number of hydrogen-bond donors (Lipinski definition) is 1. The van der Waals surface area contributed by atoms with E-state index in [0.717, 1.165) is 6.54 Å². The summed E-state index contributed by atoms with van der Waals surface area (Å²) in [5.41, 5.74) is 1.31. The highest BCUT2D eigenvalue weighted by atomic mass is 15.2. The van der Waals surface area contributed by atoms with E-state index in [4.69, 9.17) is 0 Å². The Balaban J connectivity index is 1.59. The maximum absolute atomic E-state index is 4.05. The SMILES string of the molecule is CC(NCCCN1CCN(C)CC1)c1ccncc1. The normalized spacial score (nSPS) is 19.5. The molecule has 0 amide bonds. The number of hydrogen-bond acceptors (Lipinski definition) is 4. The zero-order chi connectivity index (χ0) is 13.5. The van der Waals surface area contributed by atoms with Crippen LogP contribution in [0.3, 0.4) is 0 Å². The summed E-state index contributed by atoms with van der Waals surface area (Å²) in [4.78, 5) is 9.02. The van der Waals surface area contributed by atoms with Gasteiger partial charge in [0.1, 0.15) is 0 Å². The predicted molar refractivity (Wildman–Crippen MR) is 79.2 cm³/mol. The molecule has 0 saturated carbocycles. The fraction of sp³-hybridized carbons (Fsp3) is 0.667. The summed E-state index contributed by atoms with van der Waals surface area (Å²) >= 11 is 0. The van der Waals surface area contributed by atoms with Gasteiger partial charge in [-0.2, -0.15) is 0 Å². The van der Waals surface area contributed by atoms with Gasteiger partial charge >= 0.3 is 0 Å². The van der Waals surface area contributed by atoms with Crippen molar-refractivity contribution in [2.24, 2.45) is 0 Å². The summed E-state index contributed by atoms with van der Waals surface area (Å²) in [6.07, 6.45) is 4.94. The monoisotopic (exact) mass is 262 g/mol. The summed E-state index contributed by atoms with van der Waals surface area (Å²) in [5, 5.41) is 3.58. The van der Waals surface area contributed by atoms with Crippen LogP contribution in [0.4, 0.5) is 0 Å². The van der Waals surface area contributed by atoms with Gasteiger partial charge < -0.3 is 15.1 Å². The highest BCUT2D eigenvalue weighted by molar-refractivity contribution is 5.13. The van der Waals surface area contributed by atoms with Crippen LogP contribution in [0.5, 0.6) is 0 Å². The lowest BCUT2D eigenvalue weighted by molar-refractivity contribution is 0.152. The van der Waals surface area contributed by atoms with Crippen LogP contribution in [0.25, 0.3) is 0 Å². The quantitative estimate of drug-likeness (QED) is 0.785. The molecule has 106 valence electrons. The third kappa shape index (κ3) is 4.90. The van der Waals surface area contributed by atoms with Crippen molar-refractivity contribution in [3.8, 4) is 0 Å². The van der Waals surface area contributed by atoms with E-state index in [1.807, 2.05) is 12.4 Å². The minimum Gasteiger partial charge on any atom is -0.310 e. The molecule has 19 heavy (non-hydrogen) atoms. The van der Waals surface area contributed by atoms with Crippen molar-refractivity contribution in [3.05, 3.63) is 30.1 Å². The Morgan fingerprint density at radius 1 is 1.21 bits per heavy atom. The van der Waals surface area contributed by atoms with Gasteiger partial charge in [-0.25, -0.2) is 0 Å². The third-order valence-corrected chi connectivity index (χ3v) is 3.90. The van der Waals surface area contributed by atoms with Crippen LogP contribution in [0.15, 0.2) is 24.5 Å². The molecule has 1 aromatic heterocycles. The Morgan fingerprint density at radius 3 is 2.58 bits per heavy atom. The molecule has 4 heteroatoms. The topological polar surface area (TPSA) is 31.4 Å². The van der Waals surface area contributed by atoms with E-state index in [2.05, 4.69) is 46.2 Å². The van der Waals surface area contributed by atoms with Crippen LogP contribution < -0.4 is 5.32 Å². The molecule has 2 heterocycles. The van der Waals surface area contributed by atoms with Crippen LogP contribution in [-0.4, -0.2) is 61.1 Å². The van der Waals surface area contributed by atoms with Gasteiger partial charge in [0.15, 0.2) is 0 Å². The molecule has 0 spiro atoms. The number of likely N-dealkylation sites (N-methyl/N-ethyl adjacent to an activating group) is 1. The van der Waals surface area contributed by atoms with Crippen molar-refractivity contribution in [3.63, 3.8) is 0 Å². The van der Waals surface area contributed by atoms with Gasteiger partial charge in [-0.05, 0) is 51.2 Å². The van der Waals surface area contributed by atoms with Gasteiger partial charge in [0.2, 0.25) is 0 Å². The minimum absolute atomic E-state index is 0.412. The number of nitrogens with zero attached hydrogens (tertiary/aromatic N) is 3. The fourth-order valence-electron chi connectivity index (χ4n) is 2.46. The first-order chi connectivity index (χ1) is 9.25. The summed E-state index contributed by atoms with van der Waals surface area (Å²) in [6.45, 7) is 9.36.